The van der Waals surface area contributed by atoms with Crippen LogP contribution < -0.4 is 10.6 Å². The van der Waals surface area contributed by atoms with Crippen LogP contribution in [0, 0.1) is 5.41 Å². The van der Waals surface area contributed by atoms with Crippen molar-refractivity contribution in [1.29, 1.82) is 0 Å². The Kier molecular flexibility index (Phi) is 4.62. The summed E-state index contributed by atoms with van der Waals surface area (Å²) in [7, 11) is 0. The zero-order chi connectivity index (χ0) is 14.8. The first kappa shape index (κ1) is 15.6. The van der Waals surface area contributed by atoms with E-state index in [0.29, 0.717) is 11.5 Å². The quantitative estimate of drug-likeness (QED) is 0.832. The van der Waals surface area contributed by atoms with Crippen LogP contribution in [0.5, 0.6) is 0 Å². The number of hydrogen-bond acceptors (Lipinski definition) is 3. The third-order valence-electron chi connectivity index (χ3n) is 4.32. The first-order valence-corrected chi connectivity index (χ1v) is 7.99. The third kappa shape index (κ3) is 5.31. The van der Waals surface area contributed by atoms with E-state index >= 15 is 0 Å². The zero-order valence-corrected chi connectivity index (χ0v) is 13.4. The van der Waals surface area contributed by atoms with E-state index in [1.165, 1.54) is 25.7 Å². The van der Waals surface area contributed by atoms with Crippen molar-refractivity contribution in [2.75, 3.05) is 6.54 Å². The van der Waals surface area contributed by atoms with Crippen LogP contribution in [0.15, 0.2) is 0 Å². The molecule has 20 heavy (non-hydrogen) atoms. The fourth-order valence-electron chi connectivity index (χ4n) is 2.76. The predicted molar refractivity (Wildman–Crippen MR) is 80.8 cm³/mol. The van der Waals surface area contributed by atoms with Crippen molar-refractivity contribution in [2.45, 2.75) is 83.9 Å². The average Bonchev–Trinajstić information content (AvgIpc) is 3.03. The topological polar surface area (TPSA) is 50.4 Å². The summed E-state index contributed by atoms with van der Waals surface area (Å²) in [6, 6.07) is 0.796. The van der Waals surface area contributed by atoms with Crippen LogP contribution in [0.3, 0.4) is 0 Å². The molecular weight excluding hydrogens is 252 g/mol. The summed E-state index contributed by atoms with van der Waals surface area (Å²) in [5.41, 5.74) is 0.127. The molecule has 0 heterocycles. The Morgan fingerprint density at radius 3 is 2.50 bits per heavy atom. The summed E-state index contributed by atoms with van der Waals surface area (Å²) in [5, 5.41) is 6.70. The Balaban J connectivity index is 1.71. The van der Waals surface area contributed by atoms with Crippen LogP contribution in [0.25, 0.3) is 0 Å². The number of ether oxygens (including phenoxy) is 1. The summed E-state index contributed by atoms with van der Waals surface area (Å²) >= 11 is 0. The fraction of sp³-hybridized carbons (Fsp3) is 0.938. The summed E-state index contributed by atoms with van der Waals surface area (Å²) in [4.78, 5) is 11.8. The molecule has 2 rings (SSSR count). The average molecular weight is 282 g/mol. The maximum absolute atomic E-state index is 11.8. The molecule has 0 bridgehead atoms. The lowest BCUT2D eigenvalue weighted by molar-refractivity contribution is 0.0488. The molecule has 0 aromatic heterocycles. The lowest BCUT2D eigenvalue weighted by Gasteiger charge is -2.32. The van der Waals surface area contributed by atoms with Crippen LogP contribution in [-0.4, -0.2) is 30.3 Å². The largest absolute Gasteiger partial charge is 0.444 e. The van der Waals surface area contributed by atoms with E-state index in [4.69, 9.17) is 4.74 Å². The van der Waals surface area contributed by atoms with Gasteiger partial charge in [0.2, 0.25) is 0 Å². The molecule has 2 unspecified atom stereocenters. The molecule has 0 aromatic rings. The summed E-state index contributed by atoms with van der Waals surface area (Å²) < 4.78 is 5.33. The van der Waals surface area contributed by atoms with E-state index in [0.717, 1.165) is 19.4 Å². The molecular formula is C16H30N2O2. The van der Waals surface area contributed by atoms with E-state index in [9.17, 15) is 4.79 Å². The van der Waals surface area contributed by atoms with E-state index in [1.807, 2.05) is 20.8 Å². The maximum atomic E-state index is 11.8. The Morgan fingerprint density at radius 1 is 1.25 bits per heavy atom. The molecule has 2 aliphatic carbocycles. The summed E-state index contributed by atoms with van der Waals surface area (Å²) in [5.74, 6) is 0. The third-order valence-corrected chi connectivity index (χ3v) is 4.32. The van der Waals surface area contributed by atoms with Crippen molar-refractivity contribution in [3.63, 3.8) is 0 Å². The van der Waals surface area contributed by atoms with Gasteiger partial charge < -0.3 is 15.4 Å². The highest BCUT2D eigenvalue weighted by Gasteiger charge is 2.37. The molecule has 2 saturated carbocycles. The Labute approximate surface area is 123 Å². The molecule has 0 saturated heterocycles. The van der Waals surface area contributed by atoms with Crippen LogP contribution in [0.1, 0.15) is 66.2 Å². The van der Waals surface area contributed by atoms with E-state index in [1.54, 1.807) is 0 Å². The molecule has 2 atom stereocenters. The molecule has 2 N–H and O–H groups in total. The molecule has 1 amide bonds. The van der Waals surface area contributed by atoms with Crippen LogP contribution >= 0.6 is 0 Å². The molecule has 4 nitrogen and oxygen atoms in total. The van der Waals surface area contributed by atoms with Gasteiger partial charge in [-0.15, -0.1) is 0 Å². The van der Waals surface area contributed by atoms with Crippen LogP contribution in [0.2, 0.25) is 0 Å². The van der Waals surface area contributed by atoms with Gasteiger partial charge in [0.05, 0.1) is 0 Å². The fourth-order valence-corrected chi connectivity index (χ4v) is 2.76. The van der Waals surface area contributed by atoms with Crippen molar-refractivity contribution >= 4 is 6.09 Å². The second-order valence-corrected chi connectivity index (χ2v) is 7.90. The zero-order valence-electron chi connectivity index (χ0n) is 13.4. The number of carbonyl (C=O) groups excluding carboxylic acids is 1. The van der Waals surface area contributed by atoms with Gasteiger partial charge in [-0.1, -0.05) is 6.92 Å². The monoisotopic (exact) mass is 282 g/mol. The second-order valence-electron chi connectivity index (χ2n) is 7.90. The first-order chi connectivity index (χ1) is 9.26. The maximum Gasteiger partial charge on any atom is 0.407 e. The Hall–Kier alpha value is -0.770. The SMILES string of the molecule is CC1(CNC2CCCC(NC(=O)OC(C)(C)C)C2)CC1. The molecule has 0 aliphatic heterocycles. The molecule has 2 fully saturated rings. The summed E-state index contributed by atoms with van der Waals surface area (Å²) in [6.45, 7) is 9.16. The van der Waals surface area contributed by atoms with Gasteiger partial charge in [0.1, 0.15) is 5.60 Å². The van der Waals surface area contributed by atoms with E-state index in [2.05, 4.69) is 17.6 Å². The highest BCUT2D eigenvalue weighted by atomic mass is 16.6. The molecule has 0 aromatic carbocycles. The number of carbonyl (C=O) groups is 1. The number of rotatable bonds is 4. The lowest BCUT2D eigenvalue weighted by Crippen LogP contribution is -2.46. The number of alkyl carbamates (subject to hydrolysis) is 1. The second kappa shape index (κ2) is 5.92. The van der Waals surface area contributed by atoms with E-state index in [-0.39, 0.29) is 12.1 Å². The predicted octanol–water partition coefficient (Wildman–Crippen LogP) is 3.21. The molecule has 0 spiro atoms. The van der Waals surface area contributed by atoms with Gasteiger partial charge in [-0.2, -0.15) is 0 Å². The van der Waals surface area contributed by atoms with Gasteiger partial charge in [0.25, 0.3) is 0 Å². The smallest absolute Gasteiger partial charge is 0.407 e. The molecule has 116 valence electrons. The van der Waals surface area contributed by atoms with Crippen LogP contribution in [-0.2, 0) is 4.74 Å². The molecule has 0 radical (unpaired) electrons. The minimum absolute atomic E-state index is 0.253. The molecule has 4 heteroatoms. The van der Waals surface area contributed by atoms with Crippen molar-refractivity contribution in [2.24, 2.45) is 5.41 Å². The van der Waals surface area contributed by atoms with Gasteiger partial charge in [0, 0.05) is 18.6 Å². The Bertz CT molecular complexity index is 345. The first-order valence-electron chi connectivity index (χ1n) is 7.99. The highest BCUT2D eigenvalue weighted by Crippen LogP contribution is 2.44. The van der Waals surface area contributed by atoms with Gasteiger partial charge in [-0.3, -0.25) is 0 Å². The van der Waals surface area contributed by atoms with E-state index < -0.39 is 5.60 Å². The van der Waals surface area contributed by atoms with Crippen molar-refractivity contribution < 1.29 is 9.53 Å². The number of nitrogens with one attached hydrogen (secondary N) is 2. The van der Waals surface area contributed by atoms with Crippen molar-refractivity contribution in [3.8, 4) is 0 Å². The van der Waals surface area contributed by atoms with Gasteiger partial charge in [0.15, 0.2) is 0 Å². The number of hydrogen-bond donors (Lipinski definition) is 2. The molecule has 2 aliphatic rings. The minimum Gasteiger partial charge on any atom is -0.444 e. The lowest BCUT2D eigenvalue weighted by atomic mass is 9.90. The van der Waals surface area contributed by atoms with Gasteiger partial charge in [-0.25, -0.2) is 4.79 Å². The number of amides is 1. The minimum atomic E-state index is -0.420. The van der Waals surface area contributed by atoms with Gasteiger partial charge in [-0.05, 0) is 64.7 Å². The highest BCUT2D eigenvalue weighted by molar-refractivity contribution is 5.68. The standard InChI is InChI=1S/C16H30N2O2/c1-15(2,3)20-14(19)18-13-7-5-6-12(10-13)17-11-16(4)8-9-16/h12-13,17H,5-11H2,1-4H3,(H,18,19). The van der Waals surface area contributed by atoms with Crippen LogP contribution in [0.4, 0.5) is 4.79 Å². The summed E-state index contributed by atoms with van der Waals surface area (Å²) in [6.07, 6.45) is 6.91. The normalized spacial score (nSPS) is 28.8. The van der Waals surface area contributed by atoms with Crippen molar-refractivity contribution in [1.82, 2.24) is 10.6 Å². The van der Waals surface area contributed by atoms with Gasteiger partial charge >= 0.3 is 6.09 Å². The Morgan fingerprint density at radius 2 is 1.90 bits per heavy atom. The van der Waals surface area contributed by atoms with Crippen molar-refractivity contribution in [3.05, 3.63) is 0 Å².